The van der Waals surface area contributed by atoms with Gasteiger partial charge in [0.1, 0.15) is 0 Å². The smallest absolute Gasteiger partial charge is 0.481 e. The van der Waals surface area contributed by atoms with Crippen molar-refractivity contribution in [2.45, 2.75) is 20.3 Å². The molecule has 3 N–H and O–H groups in total. The standard InChI is InChI=1S/C12H15BO6/c1-12(2,11(14)15)5-7-3-4-8-10(19-6-18-8)9(7)13(16)17/h3-4,16-17H,5-6H2,1-2H3,(H,14,15). The van der Waals surface area contributed by atoms with Gasteiger partial charge in [0, 0.05) is 5.46 Å². The molecule has 0 aromatic heterocycles. The predicted octanol–water partition coefficient (Wildman–Crippen LogP) is -0.252. The maximum atomic E-state index is 11.2. The zero-order valence-electron chi connectivity index (χ0n) is 10.7. The van der Waals surface area contributed by atoms with E-state index >= 15 is 0 Å². The second-order valence-electron chi connectivity index (χ2n) is 5.11. The fourth-order valence-corrected chi connectivity index (χ4v) is 2.02. The molecule has 102 valence electrons. The van der Waals surface area contributed by atoms with Gasteiger partial charge in [0.2, 0.25) is 6.79 Å². The van der Waals surface area contributed by atoms with E-state index in [4.69, 9.17) is 14.6 Å². The van der Waals surface area contributed by atoms with Crippen molar-refractivity contribution in [2.75, 3.05) is 6.79 Å². The number of ether oxygens (including phenoxy) is 2. The highest BCUT2D eigenvalue weighted by Gasteiger charge is 2.33. The first kappa shape index (κ1) is 13.7. The Morgan fingerprint density at radius 3 is 2.63 bits per heavy atom. The first-order valence-electron chi connectivity index (χ1n) is 5.84. The van der Waals surface area contributed by atoms with Gasteiger partial charge in [0.25, 0.3) is 0 Å². The van der Waals surface area contributed by atoms with Crippen LogP contribution in [0.1, 0.15) is 19.4 Å². The van der Waals surface area contributed by atoms with E-state index in [9.17, 15) is 14.8 Å². The van der Waals surface area contributed by atoms with E-state index < -0.39 is 18.5 Å². The monoisotopic (exact) mass is 266 g/mol. The van der Waals surface area contributed by atoms with Gasteiger partial charge in [0.05, 0.1) is 5.41 Å². The molecule has 0 bridgehead atoms. The van der Waals surface area contributed by atoms with E-state index in [1.807, 2.05) is 0 Å². The minimum Gasteiger partial charge on any atom is -0.481 e. The van der Waals surface area contributed by atoms with E-state index in [1.165, 1.54) is 0 Å². The van der Waals surface area contributed by atoms with Crippen LogP contribution in [0.2, 0.25) is 0 Å². The molecule has 6 nitrogen and oxygen atoms in total. The van der Waals surface area contributed by atoms with E-state index in [1.54, 1.807) is 26.0 Å². The molecule has 0 unspecified atom stereocenters. The van der Waals surface area contributed by atoms with Crippen LogP contribution < -0.4 is 14.9 Å². The Labute approximate surface area is 110 Å². The van der Waals surface area contributed by atoms with Gasteiger partial charge < -0.3 is 24.6 Å². The molecule has 2 rings (SSSR count). The fraction of sp³-hybridized carbons (Fsp3) is 0.417. The highest BCUT2D eigenvalue weighted by molar-refractivity contribution is 6.60. The predicted molar refractivity (Wildman–Crippen MR) is 67.5 cm³/mol. The Kier molecular flexibility index (Phi) is 3.43. The molecule has 0 saturated heterocycles. The first-order chi connectivity index (χ1) is 8.83. The maximum Gasteiger partial charge on any atom is 0.492 e. The lowest BCUT2D eigenvalue weighted by molar-refractivity contribution is -0.146. The van der Waals surface area contributed by atoms with E-state index in [-0.39, 0.29) is 24.4 Å². The average molecular weight is 266 g/mol. The molecule has 0 fully saturated rings. The van der Waals surface area contributed by atoms with Gasteiger partial charge in [-0.1, -0.05) is 6.07 Å². The Balaban J connectivity index is 2.44. The summed E-state index contributed by atoms with van der Waals surface area (Å²) in [6.07, 6.45) is 0.159. The van der Waals surface area contributed by atoms with Gasteiger partial charge in [-0.2, -0.15) is 0 Å². The summed E-state index contributed by atoms with van der Waals surface area (Å²) in [5.74, 6) is -0.253. The van der Waals surface area contributed by atoms with Crippen molar-refractivity contribution in [3.05, 3.63) is 17.7 Å². The van der Waals surface area contributed by atoms with Crippen molar-refractivity contribution in [3.8, 4) is 11.5 Å². The van der Waals surface area contributed by atoms with Crippen molar-refractivity contribution in [1.29, 1.82) is 0 Å². The highest BCUT2D eigenvalue weighted by Crippen LogP contribution is 2.33. The molecule has 19 heavy (non-hydrogen) atoms. The Morgan fingerprint density at radius 2 is 2.05 bits per heavy atom. The molecule has 0 radical (unpaired) electrons. The summed E-state index contributed by atoms with van der Waals surface area (Å²) in [5.41, 5.74) is -0.326. The van der Waals surface area contributed by atoms with Gasteiger partial charge >= 0.3 is 13.1 Å². The fourth-order valence-electron chi connectivity index (χ4n) is 2.02. The summed E-state index contributed by atoms with van der Waals surface area (Å²) in [5, 5.41) is 28.1. The molecule has 0 atom stereocenters. The zero-order chi connectivity index (χ0) is 14.2. The third kappa shape index (κ3) is 2.52. The summed E-state index contributed by atoms with van der Waals surface area (Å²) in [7, 11) is -1.74. The highest BCUT2D eigenvalue weighted by atomic mass is 16.7. The second kappa shape index (κ2) is 4.75. The molecule has 0 saturated carbocycles. The molecular weight excluding hydrogens is 251 g/mol. The number of rotatable bonds is 4. The Bertz CT molecular complexity index is 511. The molecule has 1 heterocycles. The van der Waals surface area contributed by atoms with Crippen LogP contribution in [0.25, 0.3) is 0 Å². The Morgan fingerprint density at radius 1 is 1.37 bits per heavy atom. The van der Waals surface area contributed by atoms with Gasteiger partial charge in [-0.25, -0.2) is 0 Å². The van der Waals surface area contributed by atoms with E-state index in [0.29, 0.717) is 11.3 Å². The van der Waals surface area contributed by atoms with Crippen molar-refractivity contribution in [1.82, 2.24) is 0 Å². The molecular formula is C12H15BO6. The number of hydrogen-bond donors (Lipinski definition) is 3. The summed E-state index contributed by atoms with van der Waals surface area (Å²) in [4.78, 5) is 11.2. The lowest BCUT2D eigenvalue weighted by Crippen LogP contribution is -2.37. The van der Waals surface area contributed by atoms with E-state index in [2.05, 4.69) is 0 Å². The third-order valence-electron chi connectivity index (χ3n) is 3.14. The summed E-state index contributed by atoms with van der Waals surface area (Å²) < 4.78 is 10.4. The molecule has 0 spiro atoms. The number of carboxylic acids is 1. The van der Waals surface area contributed by atoms with Crippen molar-refractivity contribution < 1.29 is 29.4 Å². The van der Waals surface area contributed by atoms with Crippen molar-refractivity contribution >= 4 is 18.6 Å². The quantitative estimate of drug-likeness (QED) is 0.650. The van der Waals surface area contributed by atoms with Crippen LogP contribution >= 0.6 is 0 Å². The number of hydrogen-bond acceptors (Lipinski definition) is 5. The molecule has 0 aliphatic carbocycles. The van der Waals surface area contributed by atoms with Crippen LogP contribution in [0.15, 0.2) is 12.1 Å². The molecule has 1 aromatic carbocycles. The number of carboxylic acid groups (broad SMARTS) is 1. The molecule has 0 amide bonds. The lowest BCUT2D eigenvalue weighted by atomic mass is 9.72. The van der Waals surface area contributed by atoms with Gasteiger partial charge in [-0.05, 0) is 31.9 Å². The van der Waals surface area contributed by atoms with E-state index in [0.717, 1.165) is 0 Å². The minimum atomic E-state index is -1.74. The third-order valence-corrected chi connectivity index (χ3v) is 3.14. The van der Waals surface area contributed by atoms with Crippen LogP contribution in [0.4, 0.5) is 0 Å². The average Bonchev–Trinajstić information content (AvgIpc) is 2.75. The van der Waals surface area contributed by atoms with Crippen LogP contribution in [-0.4, -0.2) is 35.0 Å². The van der Waals surface area contributed by atoms with Crippen LogP contribution in [0, 0.1) is 5.41 Å². The number of carbonyl (C=O) groups is 1. The van der Waals surface area contributed by atoms with Gasteiger partial charge in [-0.15, -0.1) is 0 Å². The first-order valence-corrected chi connectivity index (χ1v) is 5.84. The number of fused-ring (bicyclic) bond motifs is 1. The topological polar surface area (TPSA) is 96.2 Å². The largest absolute Gasteiger partial charge is 0.492 e. The normalized spacial score (nSPS) is 13.5. The van der Waals surface area contributed by atoms with Crippen LogP contribution in [0.3, 0.4) is 0 Å². The van der Waals surface area contributed by atoms with Crippen LogP contribution in [-0.2, 0) is 11.2 Å². The maximum absolute atomic E-state index is 11.2. The number of aliphatic carboxylic acids is 1. The van der Waals surface area contributed by atoms with Gasteiger partial charge in [-0.3, -0.25) is 4.79 Å². The van der Waals surface area contributed by atoms with Crippen LogP contribution in [0.5, 0.6) is 11.5 Å². The van der Waals surface area contributed by atoms with Crippen molar-refractivity contribution in [3.63, 3.8) is 0 Å². The Hall–Kier alpha value is -1.73. The van der Waals surface area contributed by atoms with Gasteiger partial charge in [0.15, 0.2) is 11.5 Å². The SMILES string of the molecule is CC(C)(Cc1ccc2c(c1B(O)O)OCO2)C(=O)O. The summed E-state index contributed by atoms with van der Waals surface area (Å²) in [6, 6.07) is 3.27. The molecule has 7 heteroatoms. The number of benzene rings is 1. The molecule has 1 aliphatic heterocycles. The lowest BCUT2D eigenvalue weighted by Gasteiger charge is -2.21. The summed E-state index contributed by atoms with van der Waals surface area (Å²) in [6.45, 7) is 3.17. The minimum absolute atomic E-state index is 0.0147. The van der Waals surface area contributed by atoms with Crippen molar-refractivity contribution in [2.24, 2.45) is 5.41 Å². The molecule has 1 aromatic rings. The summed E-state index contributed by atoms with van der Waals surface area (Å²) >= 11 is 0. The second-order valence-corrected chi connectivity index (χ2v) is 5.11. The molecule has 1 aliphatic rings. The zero-order valence-corrected chi connectivity index (χ0v) is 10.7.